The van der Waals surface area contributed by atoms with Crippen LogP contribution in [0.5, 0.6) is 5.88 Å². The van der Waals surface area contributed by atoms with Crippen molar-refractivity contribution in [3.8, 4) is 17.3 Å². The number of aromatic nitrogens is 5. The molecule has 4 rings (SSSR count). The lowest BCUT2D eigenvalue weighted by atomic mass is 10.1. The predicted molar refractivity (Wildman–Crippen MR) is 82.4 cm³/mol. The van der Waals surface area contributed by atoms with E-state index in [-0.39, 0.29) is 11.8 Å². The number of ether oxygens (including phenoxy) is 1. The lowest BCUT2D eigenvalue weighted by Gasteiger charge is -2.12. The number of amides is 1. The van der Waals surface area contributed by atoms with Gasteiger partial charge in [0.25, 0.3) is 0 Å². The third-order valence-corrected chi connectivity index (χ3v) is 3.91. The summed E-state index contributed by atoms with van der Waals surface area (Å²) in [5.74, 6) is 1.23. The van der Waals surface area contributed by atoms with Crippen LogP contribution in [0, 0.1) is 0 Å². The van der Waals surface area contributed by atoms with Crippen LogP contribution in [-0.2, 0) is 4.79 Å². The number of nitrogens with zero attached hydrogens (tertiary/aromatic N) is 5. The number of pyridine rings is 1. The highest BCUT2D eigenvalue weighted by Crippen LogP contribution is 2.31. The molecule has 4 heterocycles. The van der Waals surface area contributed by atoms with Gasteiger partial charge in [0.2, 0.25) is 23.5 Å². The van der Waals surface area contributed by atoms with Crippen LogP contribution in [0.2, 0.25) is 0 Å². The zero-order chi connectivity index (χ0) is 16.5. The molecule has 9 nitrogen and oxygen atoms in total. The summed E-state index contributed by atoms with van der Waals surface area (Å²) in [7, 11) is 1.54. The number of methoxy groups -OCH3 is 1. The Morgan fingerprint density at radius 3 is 3.17 bits per heavy atom. The van der Waals surface area contributed by atoms with Crippen molar-refractivity contribution in [1.29, 1.82) is 0 Å². The molecular weight excluding hydrogens is 312 g/mol. The fraction of sp³-hybridized carbons (Fsp3) is 0.267. The summed E-state index contributed by atoms with van der Waals surface area (Å²) in [4.78, 5) is 22.3. The summed E-state index contributed by atoms with van der Waals surface area (Å²) in [5, 5.41) is 10.6. The first-order valence-electron chi connectivity index (χ1n) is 7.38. The Bertz CT molecular complexity index is 860. The molecule has 1 aliphatic rings. The van der Waals surface area contributed by atoms with Gasteiger partial charge in [-0.2, -0.15) is 10.1 Å². The average Bonchev–Trinajstić information content (AvgIpc) is 3.34. The molecule has 1 amide bonds. The lowest BCUT2D eigenvalue weighted by molar-refractivity contribution is -0.117. The van der Waals surface area contributed by atoms with Gasteiger partial charge < -0.3 is 14.2 Å². The van der Waals surface area contributed by atoms with Gasteiger partial charge in [-0.1, -0.05) is 5.16 Å². The number of carbonyl (C=O) groups excluding carboxylic acids is 1. The second-order valence-corrected chi connectivity index (χ2v) is 5.40. The van der Waals surface area contributed by atoms with Gasteiger partial charge >= 0.3 is 0 Å². The van der Waals surface area contributed by atoms with Crippen molar-refractivity contribution < 1.29 is 14.1 Å². The first kappa shape index (κ1) is 14.4. The highest BCUT2D eigenvalue weighted by molar-refractivity contribution is 5.96. The van der Waals surface area contributed by atoms with Gasteiger partial charge in [0.1, 0.15) is 0 Å². The summed E-state index contributed by atoms with van der Waals surface area (Å²) in [6, 6.07) is 3.50. The number of hydrogen-bond acceptors (Lipinski definition) is 7. The third kappa shape index (κ3) is 2.49. The SMILES string of the molecule is COc1cc(-c2noc(C3CC(=O)N(c4cn[nH]c4)C3)n2)ccn1. The Kier molecular flexibility index (Phi) is 3.45. The van der Waals surface area contributed by atoms with Gasteiger partial charge in [-0.3, -0.25) is 9.89 Å². The van der Waals surface area contributed by atoms with Gasteiger partial charge in [-0.25, -0.2) is 4.98 Å². The Morgan fingerprint density at radius 1 is 1.46 bits per heavy atom. The molecule has 1 fully saturated rings. The van der Waals surface area contributed by atoms with Crippen LogP contribution < -0.4 is 9.64 Å². The Morgan fingerprint density at radius 2 is 2.38 bits per heavy atom. The van der Waals surface area contributed by atoms with E-state index in [2.05, 4.69) is 25.3 Å². The number of H-pyrrole nitrogens is 1. The van der Waals surface area contributed by atoms with Crippen LogP contribution in [0.25, 0.3) is 11.4 Å². The molecule has 0 saturated carbocycles. The quantitative estimate of drug-likeness (QED) is 0.771. The average molecular weight is 326 g/mol. The van der Waals surface area contributed by atoms with E-state index in [1.165, 1.54) is 0 Å². The monoisotopic (exact) mass is 326 g/mol. The van der Waals surface area contributed by atoms with E-state index in [0.29, 0.717) is 30.6 Å². The number of aromatic amines is 1. The van der Waals surface area contributed by atoms with Gasteiger partial charge in [-0.15, -0.1) is 0 Å². The second-order valence-electron chi connectivity index (χ2n) is 5.40. The molecule has 0 aliphatic carbocycles. The number of hydrogen-bond donors (Lipinski definition) is 1. The van der Waals surface area contributed by atoms with E-state index in [0.717, 1.165) is 11.3 Å². The molecule has 0 spiro atoms. The molecule has 1 N–H and O–H groups in total. The molecule has 24 heavy (non-hydrogen) atoms. The topological polar surface area (TPSA) is 110 Å². The maximum atomic E-state index is 12.2. The minimum absolute atomic E-state index is 0.00623. The summed E-state index contributed by atoms with van der Waals surface area (Å²) in [5.41, 5.74) is 1.48. The molecule has 0 radical (unpaired) electrons. The molecular formula is C15H14N6O3. The van der Waals surface area contributed by atoms with E-state index >= 15 is 0 Å². The largest absolute Gasteiger partial charge is 0.481 e. The van der Waals surface area contributed by atoms with Crippen LogP contribution in [0.4, 0.5) is 5.69 Å². The first-order chi connectivity index (χ1) is 11.7. The molecule has 1 unspecified atom stereocenters. The summed E-state index contributed by atoms with van der Waals surface area (Å²) >= 11 is 0. The van der Waals surface area contributed by atoms with Crippen LogP contribution in [-0.4, -0.2) is 44.9 Å². The standard InChI is InChI=1S/C15H14N6O3/c1-23-12-4-9(2-3-16-12)14-19-15(24-20-14)10-5-13(22)21(8-10)11-6-17-18-7-11/h2-4,6-7,10H,5,8H2,1H3,(H,17,18). The fourth-order valence-corrected chi connectivity index (χ4v) is 2.69. The smallest absolute Gasteiger partial charge is 0.232 e. The van der Waals surface area contributed by atoms with Crippen LogP contribution in [0.3, 0.4) is 0 Å². The first-order valence-corrected chi connectivity index (χ1v) is 7.38. The molecule has 1 saturated heterocycles. The van der Waals surface area contributed by atoms with Crippen LogP contribution >= 0.6 is 0 Å². The predicted octanol–water partition coefficient (Wildman–Crippen LogP) is 1.38. The fourth-order valence-electron chi connectivity index (χ4n) is 2.69. The van der Waals surface area contributed by atoms with Gasteiger partial charge in [0.15, 0.2) is 0 Å². The maximum Gasteiger partial charge on any atom is 0.232 e. The van der Waals surface area contributed by atoms with Crippen LogP contribution in [0.15, 0.2) is 35.2 Å². The van der Waals surface area contributed by atoms with E-state index in [9.17, 15) is 4.79 Å². The van der Waals surface area contributed by atoms with Gasteiger partial charge in [-0.05, 0) is 6.07 Å². The van der Waals surface area contributed by atoms with Crippen molar-refractivity contribution in [2.45, 2.75) is 12.3 Å². The summed E-state index contributed by atoms with van der Waals surface area (Å²) in [6.07, 6.45) is 5.24. The van der Waals surface area contributed by atoms with E-state index in [1.807, 2.05) is 0 Å². The van der Waals surface area contributed by atoms with Crippen molar-refractivity contribution in [2.75, 3.05) is 18.6 Å². The van der Waals surface area contributed by atoms with Crippen molar-refractivity contribution >= 4 is 11.6 Å². The lowest BCUT2D eigenvalue weighted by Crippen LogP contribution is -2.23. The zero-order valence-electron chi connectivity index (χ0n) is 12.8. The van der Waals surface area contributed by atoms with Gasteiger partial charge in [0, 0.05) is 37.0 Å². The molecule has 0 bridgehead atoms. The highest BCUT2D eigenvalue weighted by atomic mass is 16.5. The number of carbonyl (C=O) groups is 1. The van der Waals surface area contributed by atoms with Crippen molar-refractivity contribution in [1.82, 2.24) is 25.3 Å². The second kappa shape index (κ2) is 5.76. The Hall–Kier alpha value is -3.23. The minimum Gasteiger partial charge on any atom is -0.481 e. The molecule has 0 aromatic carbocycles. The Labute approximate surface area is 136 Å². The highest BCUT2D eigenvalue weighted by Gasteiger charge is 2.35. The number of anilines is 1. The van der Waals surface area contributed by atoms with Crippen molar-refractivity contribution in [3.05, 3.63) is 36.6 Å². The molecule has 122 valence electrons. The van der Waals surface area contributed by atoms with Crippen molar-refractivity contribution in [2.24, 2.45) is 0 Å². The van der Waals surface area contributed by atoms with E-state index in [4.69, 9.17) is 9.26 Å². The molecule has 1 atom stereocenters. The summed E-state index contributed by atoms with van der Waals surface area (Å²) in [6.45, 7) is 0.486. The van der Waals surface area contributed by atoms with Crippen molar-refractivity contribution in [3.63, 3.8) is 0 Å². The minimum atomic E-state index is -0.141. The van der Waals surface area contributed by atoms with Gasteiger partial charge in [0.05, 0.1) is 24.9 Å². The summed E-state index contributed by atoms with van der Waals surface area (Å²) < 4.78 is 10.5. The van der Waals surface area contributed by atoms with E-state index < -0.39 is 0 Å². The molecule has 9 heteroatoms. The van der Waals surface area contributed by atoms with E-state index in [1.54, 1.807) is 42.7 Å². The molecule has 3 aromatic heterocycles. The number of rotatable bonds is 4. The Balaban J connectivity index is 1.56. The zero-order valence-corrected chi connectivity index (χ0v) is 12.8. The number of nitrogens with one attached hydrogen (secondary N) is 1. The maximum absolute atomic E-state index is 12.2. The molecule has 3 aromatic rings. The van der Waals surface area contributed by atoms with Crippen LogP contribution in [0.1, 0.15) is 18.2 Å². The molecule has 1 aliphatic heterocycles. The third-order valence-electron chi connectivity index (χ3n) is 3.91. The normalized spacial score (nSPS) is 17.5.